The van der Waals surface area contributed by atoms with Gasteiger partial charge < -0.3 is 14.5 Å². The number of rotatable bonds is 4. The summed E-state index contributed by atoms with van der Waals surface area (Å²) in [6.45, 7) is 5.60. The van der Waals surface area contributed by atoms with E-state index in [1.165, 1.54) is 12.4 Å². The Bertz CT molecular complexity index is 1110. The summed E-state index contributed by atoms with van der Waals surface area (Å²) in [5.41, 5.74) is 1.46. The summed E-state index contributed by atoms with van der Waals surface area (Å²) in [6, 6.07) is 13.3. The fraction of sp³-hybridized carbons (Fsp3) is 0.261. The lowest BCUT2D eigenvalue weighted by atomic mass is 10.1. The highest BCUT2D eigenvalue weighted by Crippen LogP contribution is 2.27. The number of halogens is 2. The van der Waals surface area contributed by atoms with Crippen LogP contribution in [0.4, 0.5) is 10.2 Å². The van der Waals surface area contributed by atoms with Gasteiger partial charge in [-0.3, -0.25) is 4.79 Å². The summed E-state index contributed by atoms with van der Waals surface area (Å²) in [7, 11) is 0. The standard InChI is InChI=1S/C23H22ClFN4O2/c1-15-6-7-19(25)20(10-15)31-22-12-21(26-14-27-22)28-8-9-29(16(2)13-28)23(30)17-4-3-5-18(24)11-17/h3-7,10-12,14,16H,8-9,13H2,1-2H3/t16-/m0/s1. The first-order chi connectivity index (χ1) is 14.9. The molecule has 6 nitrogen and oxygen atoms in total. The van der Waals surface area contributed by atoms with Crippen LogP contribution >= 0.6 is 11.6 Å². The van der Waals surface area contributed by atoms with Crippen molar-refractivity contribution in [2.45, 2.75) is 19.9 Å². The number of piperazine rings is 1. The minimum atomic E-state index is -0.451. The van der Waals surface area contributed by atoms with Crippen LogP contribution in [-0.4, -0.2) is 46.5 Å². The number of carbonyl (C=O) groups is 1. The SMILES string of the molecule is Cc1ccc(F)c(Oc2cc(N3CCN(C(=O)c4cccc(Cl)c4)[C@@H](C)C3)ncn2)c1. The van der Waals surface area contributed by atoms with Gasteiger partial charge in [-0.2, -0.15) is 0 Å². The van der Waals surface area contributed by atoms with Gasteiger partial charge in [-0.05, 0) is 49.7 Å². The molecule has 0 radical (unpaired) electrons. The number of benzene rings is 2. The Morgan fingerprint density at radius 2 is 2.00 bits per heavy atom. The smallest absolute Gasteiger partial charge is 0.254 e. The summed E-state index contributed by atoms with van der Waals surface area (Å²) < 4.78 is 19.7. The molecule has 2 aromatic carbocycles. The number of amides is 1. The zero-order chi connectivity index (χ0) is 22.0. The van der Waals surface area contributed by atoms with E-state index in [1.807, 2.05) is 18.7 Å². The maximum absolute atomic E-state index is 14.0. The van der Waals surface area contributed by atoms with E-state index in [0.717, 1.165) is 5.56 Å². The van der Waals surface area contributed by atoms with Crippen molar-refractivity contribution in [1.82, 2.24) is 14.9 Å². The number of aromatic nitrogens is 2. The highest BCUT2D eigenvalue weighted by Gasteiger charge is 2.29. The van der Waals surface area contributed by atoms with E-state index < -0.39 is 5.82 Å². The lowest BCUT2D eigenvalue weighted by Crippen LogP contribution is -2.54. The van der Waals surface area contributed by atoms with E-state index in [2.05, 4.69) is 14.9 Å². The first-order valence-corrected chi connectivity index (χ1v) is 10.4. The van der Waals surface area contributed by atoms with Gasteiger partial charge in [-0.25, -0.2) is 14.4 Å². The number of ether oxygens (including phenoxy) is 1. The van der Waals surface area contributed by atoms with Crippen molar-refractivity contribution in [3.8, 4) is 11.6 Å². The monoisotopic (exact) mass is 440 g/mol. The number of nitrogens with zero attached hydrogens (tertiary/aromatic N) is 4. The van der Waals surface area contributed by atoms with Crippen molar-refractivity contribution in [1.29, 1.82) is 0 Å². The summed E-state index contributed by atoms with van der Waals surface area (Å²) in [4.78, 5) is 25.2. The van der Waals surface area contributed by atoms with Crippen LogP contribution in [0.25, 0.3) is 0 Å². The molecule has 31 heavy (non-hydrogen) atoms. The van der Waals surface area contributed by atoms with Crippen LogP contribution in [0.3, 0.4) is 0 Å². The van der Waals surface area contributed by atoms with Crippen LogP contribution in [0.2, 0.25) is 5.02 Å². The summed E-state index contributed by atoms with van der Waals surface area (Å²) in [6.07, 6.45) is 1.40. The van der Waals surface area contributed by atoms with Crippen LogP contribution in [0, 0.1) is 12.7 Å². The third kappa shape index (κ3) is 4.77. The van der Waals surface area contributed by atoms with Gasteiger partial charge in [0.15, 0.2) is 11.6 Å². The van der Waals surface area contributed by atoms with Crippen LogP contribution in [0.5, 0.6) is 11.6 Å². The first-order valence-electron chi connectivity index (χ1n) is 9.98. The van der Waals surface area contributed by atoms with Crippen LogP contribution < -0.4 is 9.64 Å². The Morgan fingerprint density at radius 3 is 2.77 bits per heavy atom. The molecule has 1 atom stereocenters. The van der Waals surface area contributed by atoms with Gasteiger partial charge in [0.1, 0.15) is 12.1 Å². The van der Waals surface area contributed by atoms with E-state index in [9.17, 15) is 9.18 Å². The second kappa shape index (κ2) is 8.89. The maximum atomic E-state index is 14.0. The molecule has 3 aromatic rings. The Kier molecular flexibility index (Phi) is 6.04. The molecule has 0 unspecified atom stereocenters. The molecular formula is C23H22ClFN4O2. The van der Waals surface area contributed by atoms with Gasteiger partial charge >= 0.3 is 0 Å². The first kappa shape index (κ1) is 21.1. The molecule has 160 valence electrons. The Labute approximate surface area is 185 Å². The molecule has 4 rings (SSSR count). The molecule has 2 heterocycles. The molecule has 8 heteroatoms. The normalized spacial score (nSPS) is 16.3. The highest BCUT2D eigenvalue weighted by molar-refractivity contribution is 6.30. The van der Waals surface area contributed by atoms with Crippen molar-refractivity contribution in [3.63, 3.8) is 0 Å². The molecular weight excluding hydrogens is 419 g/mol. The average Bonchev–Trinajstić information content (AvgIpc) is 2.76. The number of aryl methyl sites for hydroxylation is 1. The largest absolute Gasteiger partial charge is 0.436 e. The summed E-state index contributed by atoms with van der Waals surface area (Å²) >= 11 is 6.03. The zero-order valence-electron chi connectivity index (χ0n) is 17.3. The van der Waals surface area contributed by atoms with E-state index in [1.54, 1.807) is 42.5 Å². The molecule has 1 amide bonds. The number of anilines is 1. The molecule has 1 saturated heterocycles. The van der Waals surface area contributed by atoms with Gasteiger partial charge in [0.2, 0.25) is 5.88 Å². The topological polar surface area (TPSA) is 58.6 Å². The zero-order valence-corrected chi connectivity index (χ0v) is 18.0. The maximum Gasteiger partial charge on any atom is 0.254 e. The Balaban J connectivity index is 1.46. The molecule has 1 aromatic heterocycles. The third-order valence-corrected chi connectivity index (χ3v) is 5.45. The molecule has 1 fully saturated rings. The molecule has 0 N–H and O–H groups in total. The minimum Gasteiger partial charge on any atom is -0.436 e. The fourth-order valence-electron chi connectivity index (χ4n) is 3.61. The number of carbonyl (C=O) groups excluding carboxylic acids is 1. The van der Waals surface area contributed by atoms with Crippen molar-refractivity contribution >= 4 is 23.3 Å². The van der Waals surface area contributed by atoms with Crippen LogP contribution in [-0.2, 0) is 0 Å². The predicted octanol–water partition coefficient (Wildman–Crippen LogP) is 4.72. The van der Waals surface area contributed by atoms with Gasteiger partial charge in [-0.1, -0.05) is 23.7 Å². The molecule has 0 saturated carbocycles. The molecule has 1 aliphatic heterocycles. The van der Waals surface area contributed by atoms with Crippen molar-refractivity contribution < 1.29 is 13.9 Å². The second-order valence-corrected chi connectivity index (χ2v) is 7.99. The average molecular weight is 441 g/mol. The van der Waals surface area contributed by atoms with Crippen molar-refractivity contribution in [3.05, 3.63) is 76.8 Å². The van der Waals surface area contributed by atoms with Gasteiger partial charge in [0, 0.05) is 42.3 Å². The van der Waals surface area contributed by atoms with Crippen LogP contribution in [0.15, 0.2) is 54.9 Å². The van der Waals surface area contributed by atoms with Gasteiger partial charge in [-0.15, -0.1) is 0 Å². The lowest BCUT2D eigenvalue weighted by molar-refractivity contribution is 0.0673. The van der Waals surface area contributed by atoms with Crippen LogP contribution in [0.1, 0.15) is 22.8 Å². The Morgan fingerprint density at radius 1 is 1.16 bits per heavy atom. The van der Waals surface area contributed by atoms with E-state index >= 15 is 0 Å². The minimum absolute atomic E-state index is 0.0335. The molecule has 0 aliphatic carbocycles. The third-order valence-electron chi connectivity index (χ3n) is 5.21. The second-order valence-electron chi connectivity index (χ2n) is 7.55. The van der Waals surface area contributed by atoms with E-state index in [-0.39, 0.29) is 23.6 Å². The Hall–Kier alpha value is -3.19. The van der Waals surface area contributed by atoms with E-state index in [4.69, 9.17) is 16.3 Å². The van der Waals surface area contributed by atoms with Crippen molar-refractivity contribution in [2.24, 2.45) is 0 Å². The van der Waals surface area contributed by atoms with Crippen molar-refractivity contribution in [2.75, 3.05) is 24.5 Å². The fourth-order valence-corrected chi connectivity index (χ4v) is 3.81. The predicted molar refractivity (Wildman–Crippen MR) is 117 cm³/mol. The number of hydrogen-bond acceptors (Lipinski definition) is 5. The number of hydrogen-bond donors (Lipinski definition) is 0. The molecule has 0 spiro atoms. The summed E-state index contributed by atoms with van der Waals surface area (Å²) in [5.74, 6) is 0.554. The lowest BCUT2D eigenvalue weighted by Gasteiger charge is -2.40. The molecule has 0 bridgehead atoms. The van der Waals surface area contributed by atoms with E-state index in [0.29, 0.717) is 36.0 Å². The quantitative estimate of drug-likeness (QED) is 0.587. The van der Waals surface area contributed by atoms with Gasteiger partial charge in [0.25, 0.3) is 5.91 Å². The highest BCUT2D eigenvalue weighted by atomic mass is 35.5. The van der Waals surface area contributed by atoms with Gasteiger partial charge in [0.05, 0.1) is 0 Å². The molecule has 1 aliphatic rings. The summed E-state index contributed by atoms with van der Waals surface area (Å²) in [5, 5.41) is 0.538.